The van der Waals surface area contributed by atoms with Crippen LogP contribution < -0.4 is 10.6 Å². The van der Waals surface area contributed by atoms with Crippen molar-refractivity contribution in [3.8, 4) is 0 Å². The van der Waals surface area contributed by atoms with E-state index in [0.717, 1.165) is 37.2 Å². The standard InChI is InChI=1S/C20H31N7/c1-15-10-18(14-27(15)13-17-8-6-5-7-9-17)11-22-20(21-3)23-12-19-25-24-16(2)26(19)4/h5-9,15,18H,10-14H2,1-4H3,(H2,21,22,23). The summed E-state index contributed by atoms with van der Waals surface area (Å²) in [5.41, 5.74) is 1.38. The van der Waals surface area contributed by atoms with E-state index in [-0.39, 0.29) is 0 Å². The van der Waals surface area contributed by atoms with Crippen LogP contribution in [-0.4, -0.2) is 51.8 Å². The molecule has 1 saturated heterocycles. The lowest BCUT2D eigenvalue weighted by Gasteiger charge is -2.21. The molecule has 0 radical (unpaired) electrons. The Labute approximate surface area is 161 Å². The minimum Gasteiger partial charge on any atom is -0.356 e. The van der Waals surface area contributed by atoms with Crippen LogP contribution in [0.25, 0.3) is 0 Å². The third kappa shape index (κ3) is 5.07. The van der Waals surface area contributed by atoms with Crippen LogP contribution in [0.15, 0.2) is 35.3 Å². The van der Waals surface area contributed by atoms with E-state index in [1.165, 1.54) is 12.0 Å². The van der Waals surface area contributed by atoms with Crippen molar-refractivity contribution < 1.29 is 0 Å². The number of rotatable bonds is 6. The number of hydrogen-bond acceptors (Lipinski definition) is 4. The van der Waals surface area contributed by atoms with Crippen molar-refractivity contribution >= 4 is 5.96 Å². The number of likely N-dealkylation sites (tertiary alicyclic amines) is 1. The Morgan fingerprint density at radius 2 is 2.00 bits per heavy atom. The van der Waals surface area contributed by atoms with Gasteiger partial charge in [0.1, 0.15) is 5.82 Å². The minimum absolute atomic E-state index is 0.605. The molecule has 0 aliphatic carbocycles. The Morgan fingerprint density at radius 3 is 2.67 bits per heavy atom. The van der Waals surface area contributed by atoms with E-state index in [0.29, 0.717) is 18.5 Å². The zero-order valence-electron chi connectivity index (χ0n) is 16.8. The molecule has 146 valence electrons. The van der Waals surface area contributed by atoms with E-state index in [1.807, 2.05) is 18.5 Å². The topological polar surface area (TPSA) is 70.4 Å². The van der Waals surface area contributed by atoms with Gasteiger partial charge < -0.3 is 15.2 Å². The third-order valence-electron chi connectivity index (χ3n) is 5.40. The first-order valence-corrected chi connectivity index (χ1v) is 9.64. The SMILES string of the molecule is CN=C(NCc1nnc(C)n1C)NCC1CC(C)N(Cc2ccccc2)C1. The summed E-state index contributed by atoms with van der Waals surface area (Å²) in [6.07, 6.45) is 1.21. The van der Waals surface area contributed by atoms with Gasteiger partial charge in [-0.1, -0.05) is 30.3 Å². The molecule has 0 bridgehead atoms. The number of aromatic nitrogens is 3. The van der Waals surface area contributed by atoms with E-state index in [2.05, 4.69) is 68.0 Å². The van der Waals surface area contributed by atoms with Crippen molar-refractivity contribution in [1.82, 2.24) is 30.3 Å². The van der Waals surface area contributed by atoms with Crippen LogP contribution >= 0.6 is 0 Å². The molecule has 7 nitrogen and oxygen atoms in total. The zero-order valence-corrected chi connectivity index (χ0v) is 16.8. The van der Waals surface area contributed by atoms with Crippen molar-refractivity contribution in [1.29, 1.82) is 0 Å². The zero-order chi connectivity index (χ0) is 19.2. The van der Waals surface area contributed by atoms with Crippen molar-refractivity contribution in [3.63, 3.8) is 0 Å². The van der Waals surface area contributed by atoms with E-state index < -0.39 is 0 Å². The summed E-state index contributed by atoms with van der Waals surface area (Å²) >= 11 is 0. The Kier molecular flexibility index (Phi) is 6.45. The van der Waals surface area contributed by atoms with E-state index in [1.54, 1.807) is 7.05 Å². The molecule has 27 heavy (non-hydrogen) atoms. The summed E-state index contributed by atoms with van der Waals surface area (Å²) in [7, 11) is 3.78. The first-order chi connectivity index (χ1) is 13.1. The average Bonchev–Trinajstić information content (AvgIpc) is 3.19. The number of guanidine groups is 1. The molecule has 2 heterocycles. The molecule has 2 aromatic rings. The van der Waals surface area contributed by atoms with Gasteiger partial charge in [-0.25, -0.2) is 0 Å². The van der Waals surface area contributed by atoms with Crippen molar-refractivity contribution in [3.05, 3.63) is 47.5 Å². The van der Waals surface area contributed by atoms with Gasteiger partial charge >= 0.3 is 0 Å². The highest BCUT2D eigenvalue weighted by atomic mass is 15.3. The molecule has 1 aliphatic heterocycles. The predicted octanol–water partition coefficient (Wildman–Crippen LogP) is 1.70. The Bertz CT molecular complexity index is 753. The van der Waals surface area contributed by atoms with Crippen LogP contribution in [-0.2, 0) is 20.1 Å². The maximum atomic E-state index is 4.33. The van der Waals surface area contributed by atoms with Gasteiger partial charge in [0.2, 0.25) is 0 Å². The third-order valence-corrected chi connectivity index (χ3v) is 5.40. The minimum atomic E-state index is 0.605. The summed E-state index contributed by atoms with van der Waals surface area (Å²) < 4.78 is 1.99. The van der Waals surface area contributed by atoms with Crippen LogP contribution in [0.2, 0.25) is 0 Å². The highest BCUT2D eigenvalue weighted by Gasteiger charge is 2.28. The van der Waals surface area contributed by atoms with Crippen LogP contribution in [0.1, 0.15) is 30.6 Å². The summed E-state index contributed by atoms with van der Waals surface area (Å²) in [5.74, 6) is 3.25. The van der Waals surface area contributed by atoms with E-state index in [9.17, 15) is 0 Å². The number of nitrogens with one attached hydrogen (secondary N) is 2. The van der Waals surface area contributed by atoms with Crippen molar-refractivity contribution in [2.24, 2.45) is 18.0 Å². The molecule has 1 aliphatic rings. The molecule has 0 amide bonds. The fourth-order valence-electron chi connectivity index (χ4n) is 3.63. The van der Waals surface area contributed by atoms with Crippen molar-refractivity contribution in [2.45, 2.75) is 39.4 Å². The summed E-state index contributed by atoms with van der Waals surface area (Å²) in [5, 5.41) is 15.1. The largest absolute Gasteiger partial charge is 0.356 e. The lowest BCUT2D eigenvalue weighted by molar-refractivity contribution is 0.255. The molecule has 2 N–H and O–H groups in total. The normalized spacial score (nSPS) is 20.8. The molecule has 2 unspecified atom stereocenters. The summed E-state index contributed by atoms with van der Waals surface area (Å²) in [6, 6.07) is 11.3. The molecular weight excluding hydrogens is 338 g/mol. The lowest BCUT2D eigenvalue weighted by Crippen LogP contribution is -2.40. The quantitative estimate of drug-likeness (QED) is 0.599. The molecule has 1 aromatic carbocycles. The van der Waals surface area contributed by atoms with Gasteiger partial charge in [-0.3, -0.25) is 9.89 Å². The molecule has 7 heteroatoms. The number of aliphatic imine (C=N–C) groups is 1. The van der Waals surface area contributed by atoms with Gasteiger partial charge in [0, 0.05) is 39.8 Å². The second-order valence-electron chi connectivity index (χ2n) is 7.39. The molecule has 1 fully saturated rings. The number of aryl methyl sites for hydroxylation is 1. The van der Waals surface area contributed by atoms with Crippen LogP contribution in [0.4, 0.5) is 0 Å². The van der Waals surface area contributed by atoms with Gasteiger partial charge in [0.05, 0.1) is 6.54 Å². The Morgan fingerprint density at radius 1 is 1.22 bits per heavy atom. The first kappa shape index (κ1) is 19.4. The van der Waals surface area contributed by atoms with E-state index >= 15 is 0 Å². The van der Waals surface area contributed by atoms with Gasteiger partial charge in [-0.05, 0) is 31.7 Å². The molecular formula is C20H31N7. The molecule has 2 atom stereocenters. The average molecular weight is 370 g/mol. The molecule has 1 aromatic heterocycles. The number of benzene rings is 1. The molecule has 0 saturated carbocycles. The lowest BCUT2D eigenvalue weighted by atomic mass is 10.1. The monoisotopic (exact) mass is 369 g/mol. The summed E-state index contributed by atoms with van der Waals surface area (Å²) in [4.78, 5) is 6.90. The maximum Gasteiger partial charge on any atom is 0.191 e. The second-order valence-corrected chi connectivity index (χ2v) is 7.39. The van der Waals surface area contributed by atoms with Gasteiger partial charge in [0.25, 0.3) is 0 Å². The van der Waals surface area contributed by atoms with Crippen LogP contribution in [0, 0.1) is 12.8 Å². The maximum absolute atomic E-state index is 4.33. The van der Waals surface area contributed by atoms with Gasteiger partial charge in [-0.15, -0.1) is 10.2 Å². The van der Waals surface area contributed by atoms with E-state index in [4.69, 9.17) is 0 Å². The smallest absolute Gasteiger partial charge is 0.191 e. The number of nitrogens with zero attached hydrogens (tertiary/aromatic N) is 5. The fourth-order valence-corrected chi connectivity index (χ4v) is 3.63. The first-order valence-electron chi connectivity index (χ1n) is 9.64. The Hall–Kier alpha value is -2.41. The highest BCUT2D eigenvalue weighted by molar-refractivity contribution is 5.79. The second kappa shape index (κ2) is 8.99. The molecule has 0 spiro atoms. The Balaban J connectivity index is 1.45. The number of hydrogen-bond donors (Lipinski definition) is 2. The predicted molar refractivity (Wildman–Crippen MR) is 108 cm³/mol. The summed E-state index contributed by atoms with van der Waals surface area (Å²) in [6.45, 7) is 7.95. The van der Waals surface area contributed by atoms with Gasteiger partial charge in [0.15, 0.2) is 11.8 Å². The van der Waals surface area contributed by atoms with Crippen LogP contribution in [0.3, 0.4) is 0 Å². The van der Waals surface area contributed by atoms with Crippen LogP contribution in [0.5, 0.6) is 0 Å². The highest BCUT2D eigenvalue weighted by Crippen LogP contribution is 2.24. The van der Waals surface area contributed by atoms with Crippen molar-refractivity contribution in [2.75, 3.05) is 20.1 Å². The molecule has 3 rings (SSSR count). The van der Waals surface area contributed by atoms with Gasteiger partial charge in [-0.2, -0.15) is 0 Å². The fraction of sp³-hybridized carbons (Fsp3) is 0.550.